The van der Waals surface area contributed by atoms with E-state index in [1.54, 1.807) is 55.6 Å². The summed E-state index contributed by atoms with van der Waals surface area (Å²) in [6.45, 7) is 13.3. The summed E-state index contributed by atoms with van der Waals surface area (Å²) in [6.07, 6.45) is 18.9. The lowest BCUT2D eigenvalue weighted by Gasteiger charge is -2.27. The van der Waals surface area contributed by atoms with Crippen LogP contribution in [0.4, 0.5) is 0 Å². The fraction of sp³-hybridized carbons (Fsp3) is 0.639. The van der Waals surface area contributed by atoms with Gasteiger partial charge in [0.2, 0.25) is 29.5 Å². The second kappa shape index (κ2) is 46.2. The van der Waals surface area contributed by atoms with Gasteiger partial charge in [-0.3, -0.25) is 53.1 Å². The van der Waals surface area contributed by atoms with E-state index in [9.17, 15) is 43.5 Å². The van der Waals surface area contributed by atoms with Crippen LogP contribution >= 0.6 is 0 Å². The second-order valence-corrected chi connectivity index (χ2v) is 26.4. The van der Waals surface area contributed by atoms with Crippen LogP contribution in [0.25, 0.3) is 0 Å². The molecule has 0 radical (unpaired) electrons. The molecular weight excluding hydrogens is 1210 g/mol. The number of carbonyl (C=O) groups is 9. The van der Waals surface area contributed by atoms with Crippen LogP contribution in [-0.4, -0.2) is 123 Å². The zero-order valence-electron chi connectivity index (χ0n) is 57.9. The highest BCUT2D eigenvalue weighted by Gasteiger charge is 2.36. The molecule has 0 aliphatic heterocycles. The van der Waals surface area contributed by atoms with Gasteiger partial charge >= 0.3 is 0 Å². The van der Waals surface area contributed by atoms with Gasteiger partial charge in [0.15, 0.2) is 35.1 Å². The Labute approximate surface area is 564 Å². The largest absolute Gasteiger partial charge is 0.508 e. The number of Topliss-reactive ketones (excluding diaryl/α,β-unsaturated/α-hetero) is 4. The first-order valence-corrected chi connectivity index (χ1v) is 34.9. The highest BCUT2D eigenvalue weighted by atomic mass is 16.3. The highest BCUT2D eigenvalue weighted by molar-refractivity contribution is 5.98. The van der Waals surface area contributed by atoms with Gasteiger partial charge in [0.1, 0.15) is 11.8 Å². The van der Waals surface area contributed by atoms with Gasteiger partial charge in [-0.05, 0) is 99.8 Å². The number of rotatable bonds is 52. The number of aromatic hydroxyl groups is 1. The molecule has 3 rings (SSSR count). The Bertz CT molecular complexity index is 2840. The summed E-state index contributed by atoms with van der Waals surface area (Å²) in [4.78, 5) is 143. The molecule has 15 N–H and O–H groups in total. The van der Waals surface area contributed by atoms with Crippen molar-refractivity contribution in [3.05, 3.63) is 83.9 Å². The molecule has 0 fully saturated rings. The van der Waals surface area contributed by atoms with Crippen LogP contribution in [0.3, 0.4) is 0 Å². The van der Waals surface area contributed by atoms with Crippen molar-refractivity contribution in [1.82, 2.24) is 36.6 Å². The summed E-state index contributed by atoms with van der Waals surface area (Å²) in [5.41, 5.74) is 24.5. The van der Waals surface area contributed by atoms with E-state index in [0.717, 1.165) is 19.3 Å². The minimum absolute atomic E-state index is 0.00721. The van der Waals surface area contributed by atoms with E-state index in [1.165, 1.54) is 83.2 Å². The first kappa shape index (κ1) is 81.3. The molecule has 95 heavy (non-hydrogen) atoms. The molecule has 0 saturated carbocycles. The number of carbonyl (C=O) groups excluding carboxylic acids is 9. The number of benzene rings is 2. The van der Waals surface area contributed by atoms with E-state index in [1.807, 2.05) is 27.7 Å². The van der Waals surface area contributed by atoms with Crippen LogP contribution in [0.2, 0.25) is 0 Å². The van der Waals surface area contributed by atoms with Gasteiger partial charge in [0.05, 0.1) is 30.5 Å². The number of nitrogens with zero attached hydrogens (tertiary/aromatic N) is 3. The maximum atomic E-state index is 15.1. The van der Waals surface area contributed by atoms with Crippen LogP contribution in [-0.2, 0) is 62.4 Å². The number of hydrogen-bond acceptors (Lipinski definition) is 13. The predicted molar refractivity (Wildman–Crippen MR) is 373 cm³/mol. The fourth-order valence-electron chi connectivity index (χ4n) is 11.6. The van der Waals surface area contributed by atoms with Crippen LogP contribution in [0.1, 0.15) is 219 Å². The normalized spacial score (nSPS) is 13.8. The number of H-pyrrole nitrogens is 1. The van der Waals surface area contributed by atoms with E-state index in [4.69, 9.17) is 22.9 Å². The minimum Gasteiger partial charge on any atom is -0.508 e. The van der Waals surface area contributed by atoms with Crippen LogP contribution in [0.15, 0.2) is 77.1 Å². The maximum absolute atomic E-state index is 15.1. The number of aromatic nitrogens is 2. The number of hydrogen-bond donors (Lipinski definition) is 11. The molecule has 8 atom stereocenters. The molecule has 0 saturated heterocycles. The van der Waals surface area contributed by atoms with E-state index in [2.05, 4.69) is 53.5 Å². The van der Waals surface area contributed by atoms with Gasteiger partial charge in [0.25, 0.3) is 0 Å². The van der Waals surface area contributed by atoms with Crippen LogP contribution < -0.4 is 49.5 Å². The van der Waals surface area contributed by atoms with Gasteiger partial charge in [-0.25, -0.2) is 4.98 Å². The molecule has 0 unspecified atom stereocenters. The molecule has 0 spiro atoms. The molecule has 0 aliphatic rings. The quantitative estimate of drug-likeness (QED) is 0.0145. The average Bonchev–Trinajstić information content (AvgIpc) is 0.928. The maximum Gasteiger partial charge on any atom is 0.243 e. The molecule has 23 heteroatoms. The third-order valence-corrected chi connectivity index (χ3v) is 17.0. The molecule has 0 bridgehead atoms. The monoisotopic (exact) mass is 1320 g/mol. The second-order valence-electron chi connectivity index (χ2n) is 26.4. The van der Waals surface area contributed by atoms with Gasteiger partial charge < -0.3 is 59.6 Å². The number of aromatic amines is 1. The van der Waals surface area contributed by atoms with Crippen LogP contribution in [0.5, 0.6) is 5.75 Å². The zero-order valence-corrected chi connectivity index (χ0v) is 57.9. The SMILES string of the molecule is CCCCCCCCCCCCCCCC(=O)N[C@@H](CC(C)C)C(=O)N[C@@H](C)C(=O)C[C@@H](Cc1ccc(O)cc1)C(=O)N[C@@H](Cc1ccccc1)C(=O)C[C@@H](CCCN=C(N)N)C(=O)N[C@@H](CCCN=C(N)N)C(=O)C[C@@H](CC(C)C)C(=O)N[C@@H](Cc1cnc[nH]1)C(=O)CC. The third kappa shape index (κ3) is 34.8. The number of nitrogens with one attached hydrogen (secondary N) is 6. The lowest BCUT2D eigenvalue weighted by atomic mass is 9.87. The van der Waals surface area contributed by atoms with Crippen LogP contribution in [0, 0.1) is 29.6 Å². The number of nitrogens with two attached hydrogens (primary N) is 4. The van der Waals surface area contributed by atoms with Crippen molar-refractivity contribution in [3.8, 4) is 5.75 Å². The van der Waals surface area contributed by atoms with Gasteiger partial charge in [-0.15, -0.1) is 0 Å². The van der Waals surface area contributed by atoms with Gasteiger partial charge in [0, 0.05) is 81.3 Å². The van der Waals surface area contributed by atoms with Gasteiger partial charge in [-0.2, -0.15) is 0 Å². The molecule has 528 valence electrons. The van der Waals surface area contributed by atoms with E-state index in [-0.39, 0.29) is 131 Å². The Morgan fingerprint density at radius 3 is 1.53 bits per heavy atom. The van der Waals surface area contributed by atoms with E-state index >= 15 is 4.79 Å². The molecular formula is C72H115N13O10. The number of aliphatic imine (C=N–C) groups is 2. The number of unbranched alkanes of at least 4 members (excludes halogenated alkanes) is 12. The number of ketones is 4. The standard InChI is InChI=1S/C72H115N13O10/c1-8-10-11-12-13-14-15-16-17-18-19-20-24-31-66(91)82-61(39-49(5)6)70(95)81-50(7)63(88)43-55(40-52-32-34-57(86)35-33-52)69(94)84-59(41-51-27-22-21-23-28-51)65(90)42-53(29-25-36-78-71(73)74)67(92)83-58(30-26-37-79-72(75)76)64(89)44-54(38-48(3)4)68(93)85-60(62(87)9-2)45-56-46-77-47-80-56/h21-23,27-28,32-35,46-50,53-55,58-61,86H,8-20,24-26,29-31,36-45H2,1-7H3,(H,77,80)(H,81,95)(H,82,91)(H,83,92)(H,84,94)(H,85,93)(H4,73,74,78)(H4,75,76,79)/t50-,53+,54+,55+,58-,59-,60-,61-/m0/s1. The molecule has 3 aromatic rings. The summed E-state index contributed by atoms with van der Waals surface area (Å²) >= 11 is 0. The molecule has 5 amide bonds. The lowest BCUT2D eigenvalue weighted by Crippen LogP contribution is -2.52. The number of phenols is 1. The Morgan fingerprint density at radius 2 is 0.979 bits per heavy atom. The van der Waals surface area contributed by atoms with Crippen molar-refractivity contribution in [1.29, 1.82) is 0 Å². The Morgan fingerprint density at radius 1 is 0.484 bits per heavy atom. The number of imidazole rings is 1. The Kier molecular flexibility index (Phi) is 39.5. The summed E-state index contributed by atoms with van der Waals surface area (Å²) in [6, 6.07) is 9.76. The molecule has 23 nitrogen and oxygen atoms in total. The van der Waals surface area contributed by atoms with Crippen molar-refractivity contribution >= 4 is 64.6 Å². The van der Waals surface area contributed by atoms with E-state index < -0.39 is 95.4 Å². The first-order valence-electron chi connectivity index (χ1n) is 34.9. The number of amides is 5. The highest BCUT2D eigenvalue weighted by Crippen LogP contribution is 2.24. The molecule has 0 aliphatic carbocycles. The lowest BCUT2D eigenvalue weighted by molar-refractivity contribution is -0.136. The first-order chi connectivity index (χ1) is 45.4. The smallest absolute Gasteiger partial charge is 0.243 e. The predicted octanol–water partition coefficient (Wildman–Crippen LogP) is 7.97. The summed E-state index contributed by atoms with van der Waals surface area (Å²) in [7, 11) is 0. The Balaban J connectivity index is 1.90. The Hall–Kier alpha value is -7.98. The molecule has 1 heterocycles. The minimum atomic E-state index is -1.25. The molecule has 2 aromatic carbocycles. The fourth-order valence-corrected chi connectivity index (χ4v) is 11.6. The summed E-state index contributed by atoms with van der Waals surface area (Å²) < 4.78 is 0. The van der Waals surface area contributed by atoms with Crippen molar-refractivity contribution in [2.75, 3.05) is 13.1 Å². The van der Waals surface area contributed by atoms with Gasteiger partial charge in [-0.1, -0.05) is 161 Å². The number of guanidine groups is 2. The number of phenolic OH excluding ortho intramolecular Hbond substituents is 1. The topological polar surface area (TPSA) is 391 Å². The average molecular weight is 1320 g/mol. The third-order valence-electron chi connectivity index (χ3n) is 17.0. The van der Waals surface area contributed by atoms with Crippen molar-refractivity contribution in [2.45, 2.75) is 252 Å². The van der Waals surface area contributed by atoms with Crippen molar-refractivity contribution in [3.63, 3.8) is 0 Å². The van der Waals surface area contributed by atoms with Crippen molar-refractivity contribution in [2.24, 2.45) is 62.5 Å². The zero-order chi connectivity index (χ0) is 70.1. The molecule has 1 aromatic heterocycles. The van der Waals surface area contributed by atoms with Crippen molar-refractivity contribution < 1.29 is 48.3 Å². The summed E-state index contributed by atoms with van der Waals surface area (Å²) in [5, 5.41) is 24.6. The van der Waals surface area contributed by atoms with E-state index in [0.29, 0.717) is 29.7 Å². The summed E-state index contributed by atoms with van der Waals surface area (Å²) in [5.74, 6) is -7.82.